The van der Waals surface area contributed by atoms with Crippen LogP contribution >= 0.6 is 0 Å². The van der Waals surface area contributed by atoms with Gasteiger partial charge in [-0.2, -0.15) is 0 Å². The van der Waals surface area contributed by atoms with Crippen LogP contribution < -0.4 is 0 Å². The fraction of sp³-hybridized carbons (Fsp3) is 0.750. The van der Waals surface area contributed by atoms with Gasteiger partial charge in [-0.05, 0) is 19.8 Å². The van der Waals surface area contributed by atoms with Gasteiger partial charge in [0, 0.05) is 19.6 Å². The minimum absolute atomic E-state index is 0.00352. The van der Waals surface area contributed by atoms with Crippen LogP contribution in [0.4, 0.5) is 0 Å². The molecular formula is C12H20N2O4. The van der Waals surface area contributed by atoms with E-state index in [2.05, 4.69) is 0 Å². The SMILES string of the molecule is CCCN1CCCN(C(=O)C(C)C(=O)O)CC1=O. The summed E-state index contributed by atoms with van der Waals surface area (Å²) in [5.74, 6) is -2.81. The van der Waals surface area contributed by atoms with E-state index in [0.29, 0.717) is 26.1 Å². The summed E-state index contributed by atoms with van der Waals surface area (Å²) >= 11 is 0. The Morgan fingerprint density at radius 1 is 1.39 bits per heavy atom. The molecule has 18 heavy (non-hydrogen) atoms. The molecule has 0 aromatic rings. The molecule has 2 amide bonds. The molecule has 1 fully saturated rings. The molecule has 1 rings (SSSR count). The number of carboxylic acid groups (broad SMARTS) is 1. The summed E-state index contributed by atoms with van der Waals surface area (Å²) in [5.41, 5.74) is 0. The molecule has 1 N–H and O–H groups in total. The zero-order chi connectivity index (χ0) is 13.7. The van der Waals surface area contributed by atoms with E-state index in [1.54, 1.807) is 4.90 Å². The van der Waals surface area contributed by atoms with Crippen LogP contribution in [0.5, 0.6) is 0 Å². The average Bonchev–Trinajstić information content (AvgIpc) is 2.51. The minimum Gasteiger partial charge on any atom is -0.481 e. The molecule has 0 radical (unpaired) electrons. The lowest BCUT2D eigenvalue weighted by Gasteiger charge is -2.22. The molecule has 0 aliphatic carbocycles. The van der Waals surface area contributed by atoms with E-state index < -0.39 is 17.8 Å². The molecule has 0 bridgehead atoms. The Labute approximate surface area is 107 Å². The Hall–Kier alpha value is -1.59. The highest BCUT2D eigenvalue weighted by Crippen LogP contribution is 2.09. The lowest BCUT2D eigenvalue weighted by molar-refractivity contribution is -0.151. The fourth-order valence-corrected chi connectivity index (χ4v) is 1.99. The summed E-state index contributed by atoms with van der Waals surface area (Å²) in [5, 5.41) is 8.81. The lowest BCUT2D eigenvalue weighted by Crippen LogP contribution is -2.43. The zero-order valence-corrected chi connectivity index (χ0v) is 10.9. The van der Waals surface area contributed by atoms with Crippen LogP contribution in [0.3, 0.4) is 0 Å². The van der Waals surface area contributed by atoms with Crippen molar-refractivity contribution in [1.29, 1.82) is 0 Å². The summed E-state index contributed by atoms with van der Waals surface area (Å²) in [6, 6.07) is 0. The Bertz CT molecular complexity index is 343. The van der Waals surface area contributed by atoms with Crippen LogP contribution in [0.15, 0.2) is 0 Å². The van der Waals surface area contributed by atoms with E-state index in [1.165, 1.54) is 11.8 Å². The van der Waals surface area contributed by atoms with Gasteiger partial charge in [-0.15, -0.1) is 0 Å². The summed E-state index contributed by atoms with van der Waals surface area (Å²) in [6.45, 7) is 5.11. The highest BCUT2D eigenvalue weighted by atomic mass is 16.4. The predicted molar refractivity (Wildman–Crippen MR) is 64.9 cm³/mol. The molecule has 0 spiro atoms. The number of nitrogens with zero attached hydrogens (tertiary/aromatic N) is 2. The average molecular weight is 256 g/mol. The first-order valence-corrected chi connectivity index (χ1v) is 6.26. The quantitative estimate of drug-likeness (QED) is 0.728. The standard InChI is InChI=1S/C12H20N2O4/c1-3-5-13-6-4-7-14(8-10(13)15)11(16)9(2)12(17)18/h9H,3-8H2,1-2H3,(H,17,18). The monoisotopic (exact) mass is 256 g/mol. The van der Waals surface area contributed by atoms with Crippen LogP contribution in [-0.4, -0.2) is 58.9 Å². The molecule has 1 aliphatic heterocycles. The first-order valence-electron chi connectivity index (χ1n) is 6.26. The van der Waals surface area contributed by atoms with E-state index in [1.807, 2.05) is 6.92 Å². The molecule has 1 heterocycles. The number of carbonyl (C=O) groups excluding carboxylic acids is 2. The van der Waals surface area contributed by atoms with Gasteiger partial charge in [0.15, 0.2) is 0 Å². The van der Waals surface area contributed by atoms with Crippen molar-refractivity contribution >= 4 is 17.8 Å². The largest absolute Gasteiger partial charge is 0.481 e. The van der Waals surface area contributed by atoms with Gasteiger partial charge in [-0.1, -0.05) is 6.92 Å². The Balaban J connectivity index is 2.67. The van der Waals surface area contributed by atoms with Crippen LogP contribution in [-0.2, 0) is 14.4 Å². The zero-order valence-electron chi connectivity index (χ0n) is 10.9. The van der Waals surface area contributed by atoms with Gasteiger partial charge in [0.05, 0.1) is 6.54 Å². The maximum Gasteiger partial charge on any atom is 0.315 e. The Morgan fingerprint density at radius 3 is 2.61 bits per heavy atom. The van der Waals surface area contributed by atoms with Crippen molar-refractivity contribution in [2.24, 2.45) is 5.92 Å². The number of hydrogen-bond acceptors (Lipinski definition) is 3. The number of amides is 2. The molecule has 1 unspecified atom stereocenters. The molecule has 6 heteroatoms. The third-order valence-corrected chi connectivity index (χ3v) is 3.08. The summed E-state index contributed by atoms with van der Waals surface area (Å²) in [7, 11) is 0. The van der Waals surface area contributed by atoms with Crippen LogP contribution in [0, 0.1) is 5.92 Å². The van der Waals surface area contributed by atoms with Gasteiger partial charge >= 0.3 is 5.97 Å². The first kappa shape index (κ1) is 14.5. The topological polar surface area (TPSA) is 77.9 Å². The van der Waals surface area contributed by atoms with Crippen molar-refractivity contribution in [3.05, 3.63) is 0 Å². The number of carbonyl (C=O) groups is 3. The molecule has 102 valence electrons. The second-order valence-electron chi connectivity index (χ2n) is 4.55. The normalized spacial score (nSPS) is 18.4. The number of hydrogen-bond donors (Lipinski definition) is 1. The van der Waals surface area contributed by atoms with E-state index in [4.69, 9.17) is 5.11 Å². The van der Waals surface area contributed by atoms with Crippen LogP contribution in [0.2, 0.25) is 0 Å². The number of rotatable bonds is 4. The second kappa shape index (κ2) is 6.37. The van der Waals surface area contributed by atoms with Crippen molar-refractivity contribution in [2.45, 2.75) is 26.7 Å². The van der Waals surface area contributed by atoms with Crippen molar-refractivity contribution < 1.29 is 19.5 Å². The van der Waals surface area contributed by atoms with E-state index >= 15 is 0 Å². The minimum atomic E-state index is -1.15. The second-order valence-corrected chi connectivity index (χ2v) is 4.55. The summed E-state index contributed by atoms with van der Waals surface area (Å²) < 4.78 is 0. The molecule has 1 aliphatic rings. The van der Waals surface area contributed by atoms with Gasteiger partial charge in [-0.3, -0.25) is 14.4 Å². The van der Waals surface area contributed by atoms with Gasteiger partial charge in [0.25, 0.3) is 0 Å². The maximum absolute atomic E-state index is 11.9. The van der Waals surface area contributed by atoms with Gasteiger partial charge in [0.2, 0.25) is 11.8 Å². The predicted octanol–water partition coefficient (Wildman–Crippen LogP) is 0.178. The number of aliphatic carboxylic acids is 1. The first-order chi connectivity index (χ1) is 8.47. The molecule has 0 aromatic heterocycles. The van der Waals surface area contributed by atoms with Crippen molar-refractivity contribution in [3.8, 4) is 0 Å². The van der Waals surface area contributed by atoms with Crippen LogP contribution in [0.1, 0.15) is 26.7 Å². The van der Waals surface area contributed by atoms with Crippen molar-refractivity contribution in [1.82, 2.24) is 9.80 Å². The molecule has 6 nitrogen and oxygen atoms in total. The summed E-state index contributed by atoms with van der Waals surface area (Å²) in [4.78, 5) is 37.6. The van der Waals surface area contributed by atoms with E-state index in [9.17, 15) is 14.4 Å². The smallest absolute Gasteiger partial charge is 0.315 e. The van der Waals surface area contributed by atoms with Gasteiger partial charge < -0.3 is 14.9 Å². The Morgan fingerprint density at radius 2 is 2.06 bits per heavy atom. The third kappa shape index (κ3) is 3.45. The molecular weight excluding hydrogens is 236 g/mol. The summed E-state index contributed by atoms with van der Waals surface area (Å²) in [6.07, 6.45) is 1.58. The highest BCUT2D eigenvalue weighted by Gasteiger charge is 2.30. The number of carboxylic acids is 1. The molecule has 1 saturated heterocycles. The van der Waals surface area contributed by atoms with Crippen LogP contribution in [0.25, 0.3) is 0 Å². The van der Waals surface area contributed by atoms with Gasteiger partial charge in [0.1, 0.15) is 5.92 Å². The maximum atomic E-state index is 11.9. The van der Waals surface area contributed by atoms with Gasteiger partial charge in [-0.25, -0.2) is 0 Å². The van der Waals surface area contributed by atoms with Crippen molar-refractivity contribution in [2.75, 3.05) is 26.2 Å². The molecule has 0 saturated carbocycles. The van der Waals surface area contributed by atoms with E-state index in [0.717, 1.165) is 6.42 Å². The van der Waals surface area contributed by atoms with E-state index in [-0.39, 0.29) is 12.5 Å². The van der Waals surface area contributed by atoms with Crippen molar-refractivity contribution in [3.63, 3.8) is 0 Å². The highest BCUT2D eigenvalue weighted by molar-refractivity contribution is 5.98. The molecule has 0 aromatic carbocycles. The fourth-order valence-electron chi connectivity index (χ4n) is 1.99. The lowest BCUT2D eigenvalue weighted by atomic mass is 10.1. The molecule has 1 atom stereocenters. The Kier molecular flexibility index (Phi) is 5.12. The third-order valence-electron chi connectivity index (χ3n) is 3.08.